The summed E-state index contributed by atoms with van der Waals surface area (Å²) in [7, 11) is 0. The van der Waals surface area contributed by atoms with Gasteiger partial charge in [-0.3, -0.25) is 0 Å². The van der Waals surface area contributed by atoms with Gasteiger partial charge in [0, 0.05) is 0 Å². The maximum atomic E-state index is 14.5. The molecule has 0 aliphatic heterocycles. The van der Waals surface area contributed by atoms with Crippen LogP contribution in [-0.2, 0) is 0 Å². The number of carboxylic acids is 1. The zero-order valence-corrected chi connectivity index (χ0v) is 15.0. The van der Waals surface area contributed by atoms with Crippen LogP contribution in [0.2, 0.25) is 0 Å². The molecule has 2 N–H and O–H groups in total. The summed E-state index contributed by atoms with van der Waals surface area (Å²) in [5, 5.41) is 9.09. The standard InChI is InChI=1S/C21H12F4N2O3/c22-16-7-3-12(11-1-5-14(6-2-11)30-21(23,24)25)9-15(16)19-26-17-8-4-13(20(28)29)10-18(17)27-19/h1-10H,(H,26,27)(H,28,29). The quantitative estimate of drug-likeness (QED) is 0.423. The molecule has 0 spiro atoms. The highest BCUT2D eigenvalue weighted by Gasteiger charge is 2.31. The summed E-state index contributed by atoms with van der Waals surface area (Å²) in [4.78, 5) is 18.3. The minimum Gasteiger partial charge on any atom is -0.478 e. The average molecular weight is 416 g/mol. The van der Waals surface area contributed by atoms with Gasteiger partial charge in [-0.2, -0.15) is 0 Å². The minimum absolute atomic E-state index is 0.0630. The summed E-state index contributed by atoms with van der Waals surface area (Å²) in [5.41, 5.74) is 2.20. The predicted molar refractivity (Wildman–Crippen MR) is 101 cm³/mol. The zero-order valence-electron chi connectivity index (χ0n) is 15.0. The van der Waals surface area contributed by atoms with E-state index in [0.717, 1.165) is 0 Å². The van der Waals surface area contributed by atoms with Crippen molar-refractivity contribution in [3.8, 4) is 28.3 Å². The van der Waals surface area contributed by atoms with Crippen LogP contribution in [0.3, 0.4) is 0 Å². The molecular weight excluding hydrogens is 404 g/mol. The van der Waals surface area contributed by atoms with Crippen molar-refractivity contribution in [2.75, 3.05) is 0 Å². The summed E-state index contributed by atoms with van der Waals surface area (Å²) in [6.45, 7) is 0. The highest BCUT2D eigenvalue weighted by Crippen LogP contribution is 2.31. The molecule has 0 bridgehead atoms. The van der Waals surface area contributed by atoms with Gasteiger partial charge in [0.1, 0.15) is 17.4 Å². The van der Waals surface area contributed by atoms with Crippen LogP contribution in [0.25, 0.3) is 33.5 Å². The lowest BCUT2D eigenvalue weighted by atomic mass is 10.0. The lowest BCUT2D eigenvalue weighted by Crippen LogP contribution is -2.16. The lowest BCUT2D eigenvalue weighted by Gasteiger charge is -2.10. The molecule has 1 aromatic heterocycles. The molecule has 0 radical (unpaired) electrons. The molecular formula is C21H12F4N2O3. The second-order valence-electron chi connectivity index (χ2n) is 6.39. The molecule has 0 saturated carbocycles. The first-order chi connectivity index (χ1) is 14.2. The predicted octanol–water partition coefficient (Wildman–Crippen LogP) is 5.63. The third-order valence-electron chi connectivity index (χ3n) is 4.37. The van der Waals surface area contributed by atoms with Gasteiger partial charge in [-0.1, -0.05) is 18.2 Å². The van der Waals surface area contributed by atoms with Crippen molar-refractivity contribution in [1.29, 1.82) is 0 Å². The Morgan fingerprint density at radius 2 is 1.67 bits per heavy atom. The van der Waals surface area contributed by atoms with Gasteiger partial charge in [0.15, 0.2) is 0 Å². The molecule has 0 aliphatic carbocycles. The Bertz CT molecular complexity index is 1250. The first-order valence-corrected chi connectivity index (χ1v) is 8.59. The Kier molecular flexibility index (Phi) is 4.65. The molecule has 0 atom stereocenters. The molecule has 30 heavy (non-hydrogen) atoms. The molecule has 0 saturated heterocycles. The normalized spacial score (nSPS) is 11.6. The molecule has 4 aromatic rings. The number of nitrogens with one attached hydrogen (secondary N) is 1. The van der Waals surface area contributed by atoms with E-state index in [0.29, 0.717) is 22.2 Å². The van der Waals surface area contributed by atoms with Gasteiger partial charge in [0.2, 0.25) is 0 Å². The Labute approximate surface area is 166 Å². The van der Waals surface area contributed by atoms with Crippen molar-refractivity contribution in [1.82, 2.24) is 9.97 Å². The number of H-pyrrole nitrogens is 1. The number of rotatable bonds is 4. The van der Waals surface area contributed by atoms with E-state index >= 15 is 0 Å². The van der Waals surface area contributed by atoms with E-state index < -0.39 is 18.1 Å². The number of aromatic carboxylic acids is 1. The van der Waals surface area contributed by atoms with Gasteiger partial charge in [-0.15, -0.1) is 13.2 Å². The van der Waals surface area contributed by atoms with E-state index in [-0.39, 0.29) is 22.7 Å². The maximum Gasteiger partial charge on any atom is 0.573 e. The molecule has 152 valence electrons. The number of carboxylic acid groups (broad SMARTS) is 1. The number of aromatic nitrogens is 2. The number of hydrogen-bond acceptors (Lipinski definition) is 3. The fourth-order valence-electron chi connectivity index (χ4n) is 3.01. The molecule has 1 heterocycles. The largest absolute Gasteiger partial charge is 0.573 e. The Balaban J connectivity index is 1.70. The van der Waals surface area contributed by atoms with E-state index in [9.17, 15) is 22.4 Å². The molecule has 5 nitrogen and oxygen atoms in total. The van der Waals surface area contributed by atoms with Crippen molar-refractivity contribution in [2.45, 2.75) is 6.36 Å². The van der Waals surface area contributed by atoms with E-state index in [1.54, 1.807) is 0 Å². The fraction of sp³-hybridized carbons (Fsp3) is 0.0476. The van der Waals surface area contributed by atoms with Crippen LogP contribution in [-0.4, -0.2) is 27.4 Å². The van der Waals surface area contributed by atoms with E-state index in [1.165, 1.54) is 60.7 Å². The molecule has 9 heteroatoms. The number of ether oxygens (including phenoxy) is 1. The summed E-state index contributed by atoms with van der Waals surface area (Å²) < 4.78 is 55.2. The lowest BCUT2D eigenvalue weighted by molar-refractivity contribution is -0.274. The number of halogens is 4. The van der Waals surface area contributed by atoms with Crippen molar-refractivity contribution in [3.05, 3.63) is 72.0 Å². The first-order valence-electron chi connectivity index (χ1n) is 8.59. The second kappa shape index (κ2) is 7.18. The van der Waals surface area contributed by atoms with Crippen molar-refractivity contribution < 1.29 is 32.2 Å². The van der Waals surface area contributed by atoms with Gasteiger partial charge in [0.25, 0.3) is 0 Å². The summed E-state index contributed by atoms with van der Waals surface area (Å²) in [5.74, 6) is -1.82. The number of aromatic amines is 1. The average Bonchev–Trinajstić information content (AvgIpc) is 3.11. The second-order valence-corrected chi connectivity index (χ2v) is 6.39. The number of benzene rings is 3. The summed E-state index contributed by atoms with van der Waals surface area (Å²) in [6, 6.07) is 13.7. The van der Waals surface area contributed by atoms with Crippen LogP contribution in [0.15, 0.2) is 60.7 Å². The van der Waals surface area contributed by atoms with Crippen LogP contribution < -0.4 is 4.74 Å². The van der Waals surface area contributed by atoms with Crippen molar-refractivity contribution >= 4 is 17.0 Å². The fourth-order valence-corrected chi connectivity index (χ4v) is 3.01. The van der Waals surface area contributed by atoms with E-state index in [4.69, 9.17) is 5.11 Å². The van der Waals surface area contributed by atoms with Crippen molar-refractivity contribution in [2.24, 2.45) is 0 Å². The molecule has 0 amide bonds. The number of fused-ring (bicyclic) bond motifs is 1. The highest BCUT2D eigenvalue weighted by atomic mass is 19.4. The maximum absolute atomic E-state index is 14.5. The highest BCUT2D eigenvalue weighted by molar-refractivity contribution is 5.93. The minimum atomic E-state index is -4.79. The number of nitrogens with zero attached hydrogens (tertiary/aromatic N) is 1. The third-order valence-corrected chi connectivity index (χ3v) is 4.37. The summed E-state index contributed by atoms with van der Waals surface area (Å²) >= 11 is 0. The monoisotopic (exact) mass is 416 g/mol. The van der Waals surface area contributed by atoms with Crippen LogP contribution in [0, 0.1) is 5.82 Å². The van der Waals surface area contributed by atoms with Gasteiger partial charge in [-0.05, 0) is 53.6 Å². The Morgan fingerprint density at radius 1 is 0.967 bits per heavy atom. The molecule has 0 fully saturated rings. The zero-order chi connectivity index (χ0) is 21.5. The van der Waals surface area contributed by atoms with E-state index in [1.807, 2.05) is 0 Å². The Morgan fingerprint density at radius 3 is 2.33 bits per heavy atom. The van der Waals surface area contributed by atoms with Crippen LogP contribution >= 0.6 is 0 Å². The molecule has 4 rings (SSSR count). The number of carbonyl (C=O) groups is 1. The number of imidazole rings is 1. The van der Waals surface area contributed by atoms with Crippen molar-refractivity contribution in [3.63, 3.8) is 0 Å². The molecule has 0 aliphatic rings. The van der Waals surface area contributed by atoms with Gasteiger partial charge in [0.05, 0.1) is 22.2 Å². The molecule has 3 aromatic carbocycles. The van der Waals surface area contributed by atoms with Gasteiger partial charge < -0.3 is 14.8 Å². The first kappa shape index (κ1) is 19.4. The van der Waals surface area contributed by atoms with E-state index in [2.05, 4.69) is 14.7 Å². The third kappa shape index (κ3) is 3.95. The van der Waals surface area contributed by atoms with Crippen LogP contribution in [0.4, 0.5) is 17.6 Å². The van der Waals surface area contributed by atoms with Crippen LogP contribution in [0.5, 0.6) is 5.75 Å². The van der Waals surface area contributed by atoms with Gasteiger partial charge in [-0.25, -0.2) is 14.2 Å². The molecule has 0 unspecified atom stereocenters. The smallest absolute Gasteiger partial charge is 0.478 e. The Hall–Kier alpha value is -3.88. The SMILES string of the molecule is O=C(O)c1ccc2nc(-c3cc(-c4ccc(OC(F)(F)F)cc4)ccc3F)[nH]c2c1. The van der Waals surface area contributed by atoms with Gasteiger partial charge >= 0.3 is 12.3 Å². The topological polar surface area (TPSA) is 75.2 Å². The number of alkyl halides is 3. The number of hydrogen-bond donors (Lipinski definition) is 2. The van der Waals surface area contributed by atoms with Crippen LogP contribution in [0.1, 0.15) is 10.4 Å². The summed E-state index contributed by atoms with van der Waals surface area (Å²) in [6.07, 6.45) is -4.79.